The molecule has 1 aliphatic heterocycles. The normalized spacial score (nSPS) is 14.7. The van der Waals surface area contributed by atoms with Crippen molar-refractivity contribution in [3.8, 4) is 5.75 Å². The van der Waals surface area contributed by atoms with Crippen LogP contribution in [0.2, 0.25) is 10.0 Å². The fourth-order valence-electron chi connectivity index (χ4n) is 5.07. The maximum Gasteiger partial charge on any atom is 0.573 e. The molecule has 0 atom stereocenters. The third-order valence-electron chi connectivity index (χ3n) is 6.94. The first-order valence-electron chi connectivity index (χ1n) is 12.0. The minimum absolute atomic E-state index is 0.166. The summed E-state index contributed by atoms with van der Waals surface area (Å²) in [4.78, 5) is 26.6. The van der Waals surface area contributed by atoms with Gasteiger partial charge < -0.3 is 18.9 Å². The Bertz CT molecular complexity index is 1380. The number of ether oxygens (including phenoxy) is 2. The number of carbonyl (C=O) groups is 2. The topological polar surface area (TPSA) is 60.8 Å². The Morgan fingerprint density at radius 1 is 1.13 bits per heavy atom. The maximum absolute atomic E-state index is 13.3. The van der Waals surface area contributed by atoms with Crippen molar-refractivity contribution in [3.63, 3.8) is 0 Å². The number of halogens is 5. The molecule has 6 nitrogen and oxygen atoms in total. The molecule has 0 N–H and O–H groups in total. The molecule has 0 radical (unpaired) electrons. The van der Waals surface area contributed by atoms with Gasteiger partial charge in [0.15, 0.2) is 0 Å². The molecule has 1 aliphatic rings. The van der Waals surface area contributed by atoms with Crippen molar-refractivity contribution in [2.24, 2.45) is 13.0 Å². The Morgan fingerprint density at radius 2 is 1.82 bits per heavy atom. The molecular formula is C27H27Cl2F3N2O4. The number of hydrogen-bond acceptors (Lipinski definition) is 4. The van der Waals surface area contributed by atoms with Gasteiger partial charge in [-0.05, 0) is 60.6 Å². The Balaban J connectivity index is 1.59. The van der Waals surface area contributed by atoms with Crippen LogP contribution in [0.15, 0.2) is 30.5 Å². The Hall–Kier alpha value is -2.91. The Kier molecular flexibility index (Phi) is 8.18. The van der Waals surface area contributed by atoms with Crippen LogP contribution < -0.4 is 4.74 Å². The monoisotopic (exact) mass is 570 g/mol. The molecule has 38 heavy (non-hydrogen) atoms. The molecule has 2 heterocycles. The smallest absolute Gasteiger partial charge is 0.469 e. The molecule has 1 fully saturated rings. The summed E-state index contributed by atoms with van der Waals surface area (Å²) in [6.07, 6.45) is -1.00. The highest BCUT2D eigenvalue weighted by molar-refractivity contribution is 6.38. The maximum atomic E-state index is 13.3. The van der Waals surface area contributed by atoms with Crippen LogP contribution in [-0.4, -0.2) is 47.9 Å². The minimum Gasteiger partial charge on any atom is -0.469 e. The van der Waals surface area contributed by atoms with E-state index in [9.17, 15) is 22.8 Å². The zero-order chi connectivity index (χ0) is 27.8. The molecule has 204 valence electrons. The van der Waals surface area contributed by atoms with E-state index in [-0.39, 0.29) is 35.0 Å². The van der Waals surface area contributed by atoms with Gasteiger partial charge in [0.2, 0.25) is 0 Å². The molecular weight excluding hydrogens is 544 g/mol. The van der Waals surface area contributed by atoms with E-state index in [2.05, 4.69) is 4.74 Å². The third kappa shape index (κ3) is 6.04. The standard InChI is InChI=1S/C27H27Cl2F3N2O4/c1-15-10-18(38-27(30,31)32)13-22-24(15)17(14-33(22)2)12-20-21(28)5-4-19(25(20)29)26(36)34-8-6-16(7-9-34)11-23(35)37-3/h4-5,10,13-14,16H,6-9,11-12H2,1-3H3. The summed E-state index contributed by atoms with van der Waals surface area (Å²) in [5, 5.41) is 1.39. The van der Waals surface area contributed by atoms with Crippen molar-refractivity contribution in [3.05, 3.63) is 62.8 Å². The molecule has 1 aromatic heterocycles. The number of piperidine rings is 1. The zero-order valence-corrected chi connectivity index (χ0v) is 22.6. The first-order valence-corrected chi connectivity index (χ1v) is 12.8. The van der Waals surface area contributed by atoms with Crippen molar-refractivity contribution >= 4 is 46.0 Å². The molecule has 1 saturated heterocycles. The van der Waals surface area contributed by atoms with Gasteiger partial charge in [-0.3, -0.25) is 9.59 Å². The fraction of sp³-hybridized carbons (Fsp3) is 0.407. The fourth-order valence-corrected chi connectivity index (χ4v) is 5.66. The lowest BCUT2D eigenvalue weighted by Gasteiger charge is -2.32. The summed E-state index contributed by atoms with van der Waals surface area (Å²) in [7, 11) is 3.09. The summed E-state index contributed by atoms with van der Waals surface area (Å²) < 4.78 is 48.9. The molecule has 11 heteroatoms. The molecule has 0 saturated carbocycles. The van der Waals surface area contributed by atoms with Crippen molar-refractivity contribution in [2.75, 3.05) is 20.2 Å². The number of amides is 1. The average Bonchev–Trinajstić information content (AvgIpc) is 3.16. The number of aryl methyl sites for hydroxylation is 2. The van der Waals surface area contributed by atoms with Gasteiger partial charge in [-0.2, -0.15) is 0 Å². The molecule has 0 spiro atoms. The van der Waals surface area contributed by atoms with Gasteiger partial charge in [0.1, 0.15) is 5.75 Å². The van der Waals surface area contributed by atoms with Crippen molar-refractivity contribution in [1.29, 1.82) is 0 Å². The van der Waals surface area contributed by atoms with Crippen LogP contribution in [-0.2, 0) is 23.0 Å². The number of methoxy groups -OCH3 is 1. The van der Waals surface area contributed by atoms with Crippen LogP contribution in [0.3, 0.4) is 0 Å². The highest BCUT2D eigenvalue weighted by atomic mass is 35.5. The van der Waals surface area contributed by atoms with Gasteiger partial charge in [-0.25, -0.2) is 0 Å². The first kappa shape index (κ1) is 28.1. The van der Waals surface area contributed by atoms with Crippen LogP contribution in [0.4, 0.5) is 13.2 Å². The highest BCUT2D eigenvalue weighted by Crippen LogP contribution is 2.37. The lowest BCUT2D eigenvalue weighted by atomic mass is 9.93. The van der Waals surface area contributed by atoms with Crippen LogP contribution in [0.1, 0.15) is 46.3 Å². The SMILES string of the molecule is COC(=O)CC1CCN(C(=O)c2ccc(Cl)c(Cc3cn(C)c4cc(OC(F)(F)F)cc(C)c34)c2Cl)CC1. The molecule has 0 bridgehead atoms. The Morgan fingerprint density at radius 3 is 2.45 bits per heavy atom. The predicted octanol–water partition coefficient (Wildman–Crippen LogP) is 6.70. The van der Waals surface area contributed by atoms with E-state index in [0.717, 1.165) is 10.9 Å². The largest absolute Gasteiger partial charge is 0.573 e. The summed E-state index contributed by atoms with van der Waals surface area (Å²) in [6.45, 7) is 2.71. The Labute approximate surface area is 228 Å². The van der Waals surface area contributed by atoms with Crippen molar-refractivity contribution in [2.45, 2.75) is 39.0 Å². The van der Waals surface area contributed by atoms with Crippen LogP contribution in [0, 0.1) is 12.8 Å². The van der Waals surface area contributed by atoms with Crippen molar-refractivity contribution in [1.82, 2.24) is 9.47 Å². The van der Waals surface area contributed by atoms with E-state index >= 15 is 0 Å². The van der Waals surface area contributed by atoms with E-state index < -0.39 is 6.36 Å². The number of esters is 1. The summed E-state index contributed by atoms with van der Waals surface area (Å²) in [6, 6.07) is 5.91. The molecule has 1 amide bonds. The zero-order valence-electron chi connectivity index (χ0n) is 21.1. The molecule has 0 unspecified atom stereocenters. The van der Waals surface area contributed by atoms with E-state index in [1.165, 1.54) is 19.2 Å². The van der Waals surface area contributed by atoms with E-state index in [1.807, 2.05) is 6.20 Å². The van der Waals surface area contributed by atoms with E-state index in [4.69, 9.17) is 27.9 Å². The molecule has 2 aromatic carbocycles. The highest BCUT2D eigenvalue weighted by Gasteiger charge is 2.32. The number of hydrogen-bond donors (Lipinski definition) is 0. The van der Waals surface area contributed by atoms with Crippen molar-refractivity contribution < 1.29 is 32.2 Å². The second-order valence-electron chi connectivity index (χ2n) is 9.53. The third-order valence-corrected chi connectivity index (χ3v) is 7.73. The molecule has 3 aromatic rings. The number of aromatic nitrogens is 1. The lowest BCUT2D eigenvalue weighted by Crippen LogP contribution is -2.39. The molecule has 4 rings (SSSR count). The average molecular weight is 571 g/mol. The van der Waals surface area contributed by atoms with Gasteiger partial charge in [-0.1, -0.05) is 23.2 Å². The number of likely N-dealkylation sites (tertiary alicyclic amines) is 1. The van der Waals surface area contributed by atoms with Crippen LogP contribution in [0.25, 0.3) is 10.9 Å². The van der Waals surface area contributed by atoms with Crippen LogP contribution in [0.5, 0.6) is 5.75 Å². The first-order chi connectivity index (χ1) is 17.9. The number of benzene rings is 2. The summed E-state index contributed by atoms with van der Waals surface area (Å²) in [5.41, 5.74) is 2.85. The predicted molar refractivity (Wildman–Crippen MR) is 139 cm³/mol. The quantitative estimate of drug-likeness (QED) is 0.309. The van der Waals surface area contributed by atoms with Gasteiger partial charge in [0, 0.05) is 55.7 Å². The van der Waals surface area contributed by atoms with Gasteiger partial charge >= 0.3 is 12.3 Å². The summed E-state index contributed by atoms with van der Waals surface area (Å²) >= 11 is 13.3. The van der Waals surface area contributed by atoms with Crippen LogP contribution >= 0.6 is 23.2 Å². The summed E-state index contributed by atoms with van der Waals surface area (Å²) in [5.74, 6) is -0.603. The van der Waals surface area contributed by atoms with E-state index in [0.29, 0.717) is 59.6 Å². The number of alkyl halides is 3. The number of carbonyl (C=O) groups excluding carboxylic acids is 2. The van der Waals surface area contributed by atoms with Gasteiger partial charge in [-0.15, -0.1) is 13.2 Å². The van der Waals surface area contributed by atoms with Gasteiger partial charge in [0.05, 0.1) is 23.2 Å². The lowest BCUT2D eigenvalue weighted by molar-refractivity contribution is -0.274. The second kappa shape index (κ2) is 11.1. The number of nitrogens with zero attached hydrogens (tertiary/aromatic N) is 2. The molecule has 0 aliphatic carbocycles. The minimum atomic E-state index is -4.79. The number of fused-ring (bicyclic) bond motifs is 1. The van der Waals surface area contributed by atoms with E-state index in [1.54, 1.807) is 35.6 Å². The second-order valence-corrected chi connectivity index (χ2v) is 10.3. The number of rotatable bonds is 6. The van der Waals surface area contributed by atoms with Gasteiger partial charge in [0.25, 0.3) is 5.91 Å².